The van der Waals surface area contributed by atoms with Crippen molar-refractivity contribution in [3.63, 3.8) is 0 Å². The first kappa shape index (κ1) is 37.7. The third-order valence-corrected chi connectivity index (χ3v) is 3.69. The number of rotatable bonds is 10. The minimum Gasteiger partial charge on any atom is -0.364 e. The van der Waals surface area contributed by atoms with Crippen LogP contribution in [0.4, 0.5) is 101 Å². The molecule has 240 valence electrons. The highest BCUT2D eigenvalue weighted by Gasteiger charge is 2.88. The second kappa shape index (κ2) is 9.65. The summed E-state index contributed by atoms with van der Waals surface area (Å²) in [5, 5.41) is 0. The molecule has 2 N–H and O–H groups in total. The van der Waals surface area contributed by atoms with Gasteiger partial charge in [-0.05, 0) is 0 Å². The van der Waals surface area contributed by atoms with Gasteiger partial charge in [-0.2, -0.15) is 101 Å². The minimum absolute atomic E-state index is 0.993. The van der Waals surface area contributed by atoms with Crippen LogP contribution in [-0.2, 0) is 19.0 Å². The molecular weight excluding hydrogens is 659 g/mol. The maximum absolute atomic E-state index is 14.0. The molecule has 0 aliphatic carbocycles. The van der Waals surface area contributed by atoms with Gasteiger partial charge in [0.15, 0.2) is 0 Å². The Kier molecular flexibility index (Phi) is 9.10. The molecule has 40 heavy (non-hydrogen) atoms. The fraction of sp³-hybridized carbons (Fsp3) is 0.917. The van der Waals surface area contributed by atoms with Crippen LogP contribution in [-0.4, -0.2) is 72.4 Å². The molecule has 0 fully saturated rings. The normalized spacial score (nSPS) is 20.0. The molecule has 3 atom stereocenters. The van der Waals surface area contributed by atoms with E-state index in [1.165, 1.54) is 4.74 Å². The van der Waals surface area contributed by atoms with Gasteiger partial charge in [-0.3, -0.25) is 19.0 Å². The van der Waals surface area contributed by atoms with Crippen LogP contribution in [0, 0.1) is 0 Å². The number of primary amides is 1. The zero-order valence-electron chi connectivity index (χ0n) is 16.9. The van der Waals surface area contributed by atoms with Crippen LogP contribution in [0.2, 0.25) is 0 Å². The van der Waals surface area contributed by atoms with Gasteiger partial charge in [-0.25, -0.2) is 0 Å². The van der Waals surface area contributed by atoms with E-state index < -0.39 is 72.4 Å². The van der Waals surface area contributed by atoms with Crippen LogP contribution in [0.1, 0.15) is 0 Å². The molecule has 1 amide bonds. The van der Waals surface area contributed by atoms with Gasteiger partial charge in [-0.1, -0.05) is 0 Å². The Labute approximate surface area is 199 Å². The third-order valence-electron chi connectivity index (χ3n) is 3.69. The van der Waals surface area contributed by atoms with E-state index >= 15 is 0 Å². The van der Waals surface area contributed by atoms with E-state index in [1.54, 1.807) is 0 Å². The summed E-state index contributed by atoms with van der Waals surface area (Å²) in [4.78, 5) is 10.4. The van der Waals surface area contributed by atoms with Gasteiger partial charge in [0, 0.05) is 0 Å². The van der Waals surface area contributed by atoms with Crippen molar-refractivity contribution in [3.8, 4) is 0 Å². The summed E-state index contributed by atoms with van der Waals surface area (Å²) in [5.41, 5.74) is 3.56. The van der Waals surface area contributed by atoms with Gasteiger partial charge in [0.05, 0.1) is 0 Å². The number of amides is 1. The van der Waals surface area contributed by atoms with E-state index in [2.05, 4.69) is 5.73 Å². The van der Waals surface area contributed by atoms with Crippen molar-refractivity contribution in [2.45, 2.75) is 66.5 Å². The quantitative estimate of drug-likeness (QED) is 0.284. The van der Waals surface area contributed by atoms with Crippen molar-refractivity contribution in [3.05, 3.63) is 0 Å². The maximum atomic E-state index is 14.0. The molecule has 0 aliphatic heterocycles. The highest BCUT2D eigenvalue weighted by molar-refractivity contribution is 5.82. The monoisotopic (exact) mass is 661 g/mol. The third kappa shape index (κ3) is 6.01. The summed E-state index contributed by atoms with van der Waals surface area (Å²) in [6, 6.07) is 0. The molecule has 0 spiro atoms. The van der Waals surface area contributed by atoms with Crippen molar-refractivity contribution >= 4 is 5.91 Å². The van der Waals surface area contributed by atoms with Crippen LogP contribution in [0.5, 0.6) is 0 Å². The molecule has 28 heteroatoms. The fourth-order valence-corrected chi connectivity index (χ4v) is 1.70. The van der Waals surface area contributed by atoms with Gasteiger partial charge < -0.3 is 5.73 Å². The van der Waals surface area contributed by atoms with Crippen molar-refractivity contribution in [1.29, 1.82) is 0 Å². The Bertz CT molecular complexity index is 934. The molecule has 0 heterocycles. The number of alkyl halides is 23. The molecule has 0 saturated heterocycles. The fourth-order valence-electron chi connectivity index (χ4n) is 1.70. The maximum Gasteiger partial charge on any atom is 0.462 e. The van der Waals surface area contributed by atoms with Crippen LogP contribution in [0.15, 0.2) is 0 Å². The summed E-state index contributed by atoms with van der Waals surface area (Å²) in [7, 11) is 0. The zero-order chi connectivity index (χ0) is 33.2. The zero-order valence-corrected chi connectivity index (χ0v) is 16.9. The molecule has 5 nitrogen and oxygen atoms in total. The van der Waals surface area contributed by atoms with Gasteiger partial charge >= 0.3 is 66.5 Å². The number of carbonyl (C=O) groups is 1. The minimum atomic E-state index is -8.74. The second-order valence-corrected chi connectivity index (χ2v) is 6.57. The average molecular weight is 661 g/mol. The lowest BCUT2D eigenvalue weighted by atomic mass is 10.2. The molecule has 0 bridgehead atoms. The van der Waals surface area contributed by atoms with Gasteiger partial charge in [0.25, 0.3) is 5.91 Å². The van der Waals surface area contributed by atoms with E-state index in [0.717, 1.165) is 9.47 Å². The predicted molar refractivity (Wildman–Crippen MR) is 68.0 cm³/mol. The number of ether oxygens (including phenoxy) is 3. The standard InChI is InChI=1S/C12H2F23NO4/c13-2(1(36)37,6(18,19)20)38-11(32,33)4(16,8(24,25)26)40-12(34,35)5(17,9(27,28)29)39-10(30,31)3(14,15)7(21,22)23/h(H2,36,37)/t2-,4-,5+/m0/s1. The first-order valence-electron chi connectivity index (χ1n) is 8.06. The highest BCUT2D eigenvalue weighted by atomic mass is 19.4. The van der Waals surface area contributed by atoms with Crippen molar-refractivity contribution < 1.29 is 120 Å². The Balaban J connectivity index is 7.24. The van der Waals surface area contributed by atoms with E-state index in [9.17, 15) is 106 Å². The Morgan fingerprint density at radius 3 is 0.900 bits per heavy atom. The lowest BCUT2D eigenvalue weighted by Crippen LogP contribution is -2.71. The molecule has 0 unspecified atom stereocenters. The summed E-state index contributed by atoms with van der Waals surface area (Å²) in [6.07, 6.45) is -57.5. The molecule has 0 aromatic rings. The summed E-state index contributed by atoms with van der Waals surface area (Å²) in [6.45, 7) is 0. The molecule has 0 saturated carbocycles. The van der Waals surface area contributed by atoms with Gasteiger partial charge in [0.2, 0.25) is 0 Å². The first-order valence-corrected chi connectivity index (χ1v) is 8.06. The number of hydrogen-bond donors (Lipinski definition) is 1. The lowest BCUT2D eigenvalue weighted by Gasteiger charge is -2.42. The number of nitrogens with two attached hydrogens (primary N) is 1. The largest absolute Gasteiger partial charge is 0.462 e. The van der Waals surface area contributed by atoms with Gasteiger partial charge in [-0.15, -0.1) is 0 Å². The first-order chi connectivity index (χ1) is 16.8. The predicted octanol–water partition coefficient (Wildman–Crippen LogP) is 6.18. The van der Waals surface area contributed by atoms with Crippen LogP contribution in [0.3, 0.4) is 0 Å². The van der Waals surface area contributed by atoms with Crippen molar-refractivity contribution in [2.75, 3.05) is 0 Å². The number of halogens is 23. The summed E-state index contributed by atoms with van der Waals surface area (Å²) in [5.74, 6) is -36.6. The lowest BCUT2D eigenvalue weighted by molar-refractivity contribution is -0.577. The van der Waals surface area contributed by atoms with Crippen LogP contribution in [0.25, 0.3) is 0 Å². The van der Waals surface area contributed by atoms with E-state index in [-0.39, 0.29) is 0 Å². The second-order valence-electron chi connectivity index (χ2n) is 6.57. The molecular formula is C12H2F23NO4. The summed E-state index contributed by atoms with van der Waals surface area (Å²) >= 11 is 0. The molecule has 0 aromatic heterocycles. The molecule has 0 aliphatic rings. The Morgan fingerprint density at radius 2 is 0.675 bits per heavy atom. The average Bonchev–Trinajstić information content (AvgIpc) is 2.62. The number of carbonyl (C=O) groups excluding carboxylic acids is 1. The van der Waals surface area contributed by atoms with Crippen molar-refractivity contribution in [1.82, 2.24) is 0 Å². The van der Waals surface area contributed by atoms with E-state index in [4.69, 9.17) is 0 Å². The van der Waals surface area contributed by atoms with Crippen LogP contribution >= 0.6 is 0 Å². The molecule has 0 radical (unpaired) electrons. The molecule has 0 aromatic carbocycles. The highest BCUT2D eigenvalue weighted by Crippen LogP contribution is 2.59. The van der Waals surface area contributed by atoms with Crippen molar-refractivity contribution in [2.24, 2.45) is 5.73 Å². The molecule has 0 rings (SSSR count). The van der Waals surface area contributed by atoms with Crippen LogP contribution < -0.4 is 5.73 Å². The Hall–Kier alpha value is -2.26. The summed E-state index contributed by atoms with van der Waals surface area (Å²) < 4.78 is 301. The Morgan fingerprint density at radius 1 is 0.400 bits per heavy atom. The van der Waals surface area contributed by atoms with Gasteiger partial charge in [0.1, 0.15) is 0 Å². The smallest absolute Gasteiger partial charge is 0.364 e. The SMILES string of the molecule is NC(=O)[C@](F)(OC(F)(F)[C@@](F)(OC(F)(F)[C@](F)(OC(F)(F)C(F)(F)C(F)(F)F)C(F)(F)F)C(F)(F)F)C(F)(F)F. The topological polar surface area (TPSA) is 70.8 Å². The number of hydrogen-bond acceptors (Lipinski definition) is 4. The van der Waals surface area contributed by atoms with E-state index in [1.807, 2.05) is 0 Å². The van der Waals surface area contributed by atoms with E-state index in [0.29, 0.717) is 0 Å².